The molecule has 0 heterocycles. The molecule has 0 atom stereocenters. The van der Waals surface area contributed by atoms with Gasteiger partial charge in [0.2, 0.25) is 0 Å². The Labute approximate surface area is 104 Å². The van der Waals surface area contributed by atoms with Crippen LogP contribution >= 0.6 is 15.9 Å². The van der Waals surface area contributed by atoms with Crippen molar-refractivity contribution in [2.75, 3.05) is 6.61 Å². The predicted molar refractivity (Wildman–Crippen MR) is 65.5 cm³/mol. The molecular formula is C12H15BrO3. The summed E-state index contributed by atoms with van der Waals surface area (Å²) in [5.74, 6) is 0.256. The Bertz CT molecular complexity index is 374. The molecule has 0 aliphatic heterocycles. The second-order valence-corrected chi connectivity index (χ2v) is 4.62. The first-order chi connectivity index (χ1) is 7.47. The molecule has 0 radical (unpaired) electrons. The van der Waals surface area contributed by atoms with Crippen molar-refractivity contribution >= 4 is 21.9 Å². The summed E-state index contributed by atoms with van der Waals surface area (Å²) < 4.78 is 11.4. The van der Waals surface area contributed by atoms with Gasteiger partial charge < -0.3 is 9.47 Å². The first kappa shape index (κ1) is 13.0. The van der Waals surface area contributed by atoms with Gasteiger partial charge in [-0.3, -0.25) is 0 Å². The Morgan fingerprint density at radius 3 is 2.56 bits per heavy atom. The minimum absolute atomic E-state index is 0.349. The smallest absolute Gasteiger partial charge is 0.349 e. The molecular weight excluding hydrogens is 272 g/mol. The van der Waals surface area contributed by atoms with Crippen LogP contribution in [0.15, 0.2) is 28.7 Å². The van der Waals surface area contributed by atoms with E-state index in [-0.39, 0.29) is 5.97 Å². The number of rotatable bonds is 4. The number of esters is 1. The standard InChI is InChI=1S/C12H15BrO3/c1-4-15-11(14)12(2,3)16-10-8-6-5-7-9(10)13/h5-8H,4H2,1-3H3. The van der Waals surface area contributed by atoms with Gasteiger partial charge in [0, 0.05) is 0 Å². The number of benzene rings is 1. The molecule has 0 unspecified atom stereocenters. The van der Waals surface area contributed by atoms with Crippen LogP contribution in [0.2, 0.25) is 0 Å². The van der Waals surface area contributed by atoms with Crippen LogP contribution in [0.1, 0.15) is 20.8 Å². The summed E-state index contributed by atoms with van der Waals surface area (Å²) >= 11 is 3.36. The van der Waals surface area contributed by atoms with E-state index in [0.29, 0.717) is 12.4 Å². The number of ether oxygens (including phenoxy) is 2. The number of carbonyl (C=O) groups is 1. The Morgan fingerprint density at radius 2 is 2.00 bits per heavy atom. The maximum absolute atomic E-state index is 11.6. The van der Waals surface area contributed by atoms with Crippen LogP contribution in [0.3, 0.4) is 0 Å². The number of halogens is 1. The zero-order valence-corrected chi connectivity index (χ0v) is 11.2. The number of hydrogen-bond donors (Lipinski definition) is 0. The van der Waals surface area contributed by atoms with Gasteiger partial charge in [0.15, 0.2) is 5.60 Å². The summed E-state index contributed by atoms with van der Waals surface area (Å²) in [6, 6.07) is 7.39. The second-order valence-electron chi connectivity index (χ2n) is 3.76. The lowest BCUT2D eigenvalue weighted by molar-refractivity contribution is -0.158. The quantitative estimate of drug-likeness (QED) is 0.798. The molecule has 0 spiro atoms. The molecule has 0 bridgehead atoms. The lowest BCUT2D eigenvalue weighted by Crippen LogP contribution is -2.39. The first-order valence-corrected chi connectivity index (χ1v) is 5.87. The Morgan fingerprint density at radius 1 is 1.38 bits per heavy atom. The fourth-order valence-electron chi connectivity index (χ4n) is 1.15. The SMILES string of the molecule is CCOC(=O)C(C)(C)Oc1ccccc1Br. The Balaban J connectivity index is 2.80. The fourth-order valence-corrected chi connectivity index (χ4v) is 1.51. The third-order valence-electron chi connectivity index (χ3n) is 1.97. The normalized spacial score (nSPS) is 11.0. The molecule has 88 valence electrons. The van der Waals surface area contributed by atoms with Crippen molar-refractivity contribution in [2.24, 2.45) is 0 Å². The van der Waals surface area contributed by atoms with E-state index in [9.17, 15) is 4.79 Å². The molecule has 0 amide bonds. The zero-order chi connectivity index (χ0) is 12.2. The summed E-state index contributed by atoms with van der Waals surface area (Å²) in [6.07, 6.45) is 0. The average molecular weight is 287 g/mol. The van der Waals surface area contributed by atoms with Gasteiger partial charge in [-0.1, -0.05) is 12.1 Å². The van der Waals surface area contributed by atoms with Crippen molar-refractivity contribution in [3.63, 3.8) is 0 Å². The highest BCUT2D eigenvalue weighted by atomic mass is 79.9. The molecule has 0 aliphatic rings. The highest BCUT2D eigenvalue weighted by Crippen LogP contribution is 2.28. The molecule has 0 aliphatic carbocycles. The van der Waals surface area contributed by atoms with E-state index in [2.05, 4.69) is 15.9 Å². The Hall–Kier alpha value is -1.03. The van der Waals surface area contributed by atoms with E-state index in [1.54, 1.807) is 26.8 Å². The predicted octanol–water partition coefficient (Wildman–Crippen LogP) is 3.17. The zero-order valence-electron chi connectivity index (χ0n) is 9.62. The summed E-state index contributed by atoms with van der Waals surface area (Å²) in [7, 11) is 0. The van der Waals surface area contributed by atoms with Gasteiger partial charge in [-0.25, -0.2) is 4.79 Å². The van der Waals surface area contributed by atoms with Crippen LogP contribution in [0, 0.1) is 0 Å². The van der Waals surface area contributed by atoms with Gasteiger partial charge >= 0.3 is 5.97 Å². The van der Waals surface area contributed by atoms with E-state index in [4.69, 9.17) is 9.47 Å². The number of para-hydroxylation sites is 1. The molecule has 1 aromatic carbocycles. The van der Waals surface area contributed by atoms with Crippen molar-refractivity contribution in [3.8, 4) is 5.75 Å². The van der Waals surface area contributed by atoms with Crippen LogP contribution in [0.25, 0.3) is 0 Å². The lowest BCUT2D eigenvalue weighted by atomic mass is 10.1. The van der Waals surface area contributed by atoms with Crippen molar-refractivity contribution in [3.05, 3.63) is 28.7 Å². The van der Waals surface area contributed by atoms with Crippen LogP contribution < -0.4 is 4.74 Å². The van der Waals surface area contributed by atoms with Gasteiger partial charge in [-0.2, -0.15) is 0 Å². The Kier molecular flexibility index (Phi) is 4.35. The molecule has 4 heteroatoms. The number of carbonyl (C=O) groups excluding carboxylic acids is 1. The van der Waals surface area contributed by atoms with Gasteiger partial charge in [0.25, 0.3) is 0 Å². The highest BCUT2D eigenvalue weighted by molar-refractivity contribution is 9.10. The second kappa shape index (κ2) is 5.34. The molecule has 16 heavy (non-hydrogen) atoms. The summed E-state index contributed by atoms with van der Waals surface area (Å²) in [6.45, 7) is 5.49. The van der Waals surface area contributed by atoms with Gasteiger partial charge in [-0.05, 0) is 48.8 Å². The minimum Gasteiger partial charge on any atom is -0.475 e. The van der Waals surface area contributed by atoms with E-state index in [1.165, 1.54) is 0 Å². The number of hydrogen-bond acceptors (Lipinski definition) is 3. The third kappa shape index (κ3) is 3.23. The summed E-state index contributed by atoms with van der Waals surface area (Å²) in [5.41, 5.74) is -0.986. The molecule has 3 nitrogen and oxygen atoms in total. The van der Waals surface area contributed by atoms with Crippen molar-refractivity contribution in [1.82, 2.24) is 0 Å². The van der Waals surface area contributed by atoms with Crippen molar-refractivity contribution in [1.29, 1.82) is 0 Å². The topological polar surface area (TPSA) is 35.5 Å². The fraction of sp³-hybridized carbons (Fsp3) is 0.417. The van der Waals surface area contributed by atoms with E-state index >= 15 is 0 Å². The van der Waals surface area contributed by atoms with Crippen molar-refractivity contribution < 1.29 is 14.3 Å². The maximum Gasteiger partial charge on any atom is 0.349 e. The largest absolute Gasteiger partial charge is 0.475 e. The molecule has 0 aromatic heterocycles. The average Bonchev–Trinajstić information content (AvgIpc) is 2.21. The van der Waals surface area contributed by atoms with Crippen molar-refractivity contribution in [2.45, 2.75) is 26.4 Å². The van der Waals surface area contributed by atoms with Crippen LogP contribution in [0.4, 0.5) is 0 Å². The molecule has 1 rings (SSSR count). The van der Waals surface area contributed by atoms with Gasteiger partial charge in [0.1, 0.15) is 5.75 Å². The maximum atomic E-state index is 11.6. The first-order valence-electron chi connectivity index (χ1n) is 5.08. The van der Waals surface area contributed by atoms with Crippen LogP contribution in [-0.2, 0) is 9.53 Å². The molecule has 0 saturated heterocycles. The highest BCUT2D eigenvalue weighted by Gasteiger charge is 2.32. The molecule has 0 N–H and O–H groups in total. The van der Waals surface area contributed by atoms with E-state index in [0.717, 1.165) is 4.47 Å². The van der Waals surface area contributed by atoms with Crippen LogP contribution in [0.5, 0.6) is 5.75 Å². The van der Waals surface area contributed by atoms with Crippen LogP contribution in [-0.4, -0.2) is 18.2 Å². The van der Waals surface area contributed by atoms with E-state index in [1.807, 2.05) is 18.2 Å². The third-order valence-corrected chi connectivity index (χ3v) is 2.62. The molecule has 0 fully saturated rings. The van der Waals surface area contributed by atoms with Gasteiger partial charge in [-0.15, -0.1) is 0 Å². The monoisotopic (exact) mass is 286 g/mol. The lowest BCUT2D eigenvalue weighted by Gasteiger charge is -2.24. The summed E-state index contributed by atoms with van der Waals surface area (Å²) in [5, 5.41) is 0. The molecule has 0 saturated carbocycles. The summed E-state index contributed by atoms with van der Waals surface area (Å²) in [4.78, 5) is 11.6. The van der Waals surface area contributed by atoms with E-state index < -0.39 is 5.60 Å². The van der Waals surface area contributed by atoms with Gasteiger partial charge in [0.05, 0.1) is 11.1 Å². The molecule has 1 aromatic rings. The minimum atomic E-state index is -0.986.